The molecule has 0 spiro atoms. The van der Waals surface area contributed by atoms with E-state index in [1.807, 2.05) is 6.07 Å². The first-order valence-electron chi connectivity index (χ1n) is 7.75. The Morgan fingerprint density at radius 1 is 1.18 bits per heavy atom. The van der Waals surface area contributed by atoms with Crippen LogP contribution in [0.2, 0.25) is 0 Å². The molecule has 5 heteroatoms. The normalized spacial score (nSPS) is 13.6. The topological polar surface area (TPSA) is 34.6 Å². The Hall–Kier alpha value is -1.59. The molecule has 0 saturated carbocycles. The first-order valence-corrected chi connectivity index (χ1v) is 8.63. The van der Waals surface area contributed by atoms with Gasteiger partial charge in [-0.1, -0.05) is 13.0 Å². The van der Waals surface area contributed by atoms with Crippen molar-refractivity contribution >= 4 is 11.3 Å². The Morgan fingerprint density at radius 3 is 2.82 bits per heavy atom. The predicted octanol–water partition coefficient (Wildman–Crippen LogP) is 3.50. The molecule has 0 radical (unpaired) electrons. The quantitative estimate of drug-likeness (QED) is 0.816. The maximum absolute atomic E-state index is 5.64. The molecule has 1 aliphatic heterocycles. The number of benzene rings is 1. The van der Waals surface area contributed by atoms with Gasteiger partial charge in [0, 0.05) is 18.5 Å². The molecule has 2 heterocycles. The highest BCUT2D eigenvalue weighted by Gasteiger charge is 2.13. The van der Waals surface area contributed by atoms with Gasteiger partial charge in [0.2, 0.25) is 0 Å². The zero-order chi connectivity index (χ0) is 15.4. The van der Waals surface area contributed by atoms with Crippen LogP contribution in [0.15, 0.2) is 23.6 Å². The van der Waals surface area contributed by atoms with E-state index < -0.39 is 0 Å². The van der Waals surface area contributed by atoms with Gasteiger partial charge in [0.1, 0.15) is 13.2 Å². The standard InChI is InChI=1S/C17H22N2O2S/c1-3-4-17-18-14(12-22-17)11-19(2)10-13-5-6-15-16(9-13)21-8-7-20-15/h5-6,9,12H,3-4,7-8,10-11H2,1-2H3. The monoisotopic (exact) mass is 318 g/mol. The SMILES string of the molecule is CCCc1nc(CN(C)Cc2ccc3c(c2)OCCO3)cs1. The molecule has 4 nitrogen and oxygen atoms in total. The molecule has 2 aromatic rings. The maximum Gasteiger partial charge on any atom is 0.161 e. The lowest BCUT2D eigenvalue weighted by Gasteiger charge is -2.20. The molecule has 0 bridgehead atoms. The van der Waals surface area contributed by atoms with Gasteiger partial charge >= 0.3 is 0 Å². The second kappa shape index (κ2) is 7.11. The van der Waals surface area contributed by atoms with E-state index in [0.717, 1.165) is 43.1 Å². The van der Waals surface area contributed by atoms with Crippen LogP contribution in [0.5, 0.6) is 11.5 Å². The van der Waals surface area contributed by atoms with Crippen molar-refractivity contribution in [1.29, 1.82) is 0 Å². The average Bonchev–Trinajstić information content (AvgIpc) is 2.94. The smallest absolute Gasteiger partial charge is 0.161 e. The molecule has 1 aromatic heterocycles. The summed E-state index contributed by atoms with van der Waals surface area (Å²) in [4.78, 5) is 6.96. The third kappa shape index (κ3) is 3.78. The van der Waals surface area contributed by atoms with E-state index in [1.54, 1.807) is 11.3 Å². The van der Waals surface area contributed by atoms with Crippen LogP contribution in [0.1, 0.15) is 29.6 Å². The third-order valence-electron chi connectivity index (χ3n) is 3.55. The molecule has 0 unspecified atom stereocenters. The molecule has 0 aliphatic carbocycles. The summed E-state index contributed by atoms with van der Waals surface area (Å²) in [5.41, 5.74) is 2.39. The molecule has 118 valence electrons. The fourth-order valence-electron chi connectivity index (χ4n) is 2.58. The summed E-state index contributed by atoms with van der Waals surface area (Å²) in [5.74, 6) is 1.71. The van der Waals surface area contributed by atoms with Crippen molar-refractivity contribution in [3.05, 3.63) is 39.8 Å². The van der Waals surface area contributed by atoms with Gasteiger partial charge in [-0.25, -0.2) is 4.98 Å². The van der Waals surface area contributed by atoms with Gasteiger partial charge in [-0.2, -0.15) is 0 Å². The Bertz CT molecular complexity index is 627. The van der Waals surface area contributed by atoms with Crippen molar-refractivity contribution in [2.75, 3.05) is 20.3 Å². The highest BCUT2D eigenvalue weighted by atomic mass is 32.1. The average molecular weight is 318 g/mol. The molecule has 3 rings (SSSR count). The second-order valence-electron chi connectivity index (χ2n) is 5.63. The van der Waals surface area contributed by atoms with Crippen LogP contribution < -0.4 is 9.47 Å². The van der Waals surface area contributed by atoms with Gasteiger partial charge in [0.25, 0.3) is 0 Å². The van der Waals surface area contributed by atoms with Crippen molar-refractivity contribution in [3.63, 3.8) is 0 Å². The molecule has 0 fully saturated rings. The summed E-state index contributed by atoms with van der Waals surface area (Å²) in [5, 5.41) is 3.41. The predicted molar refractivity (Wildman–Crippen MR) is 88.7 cm³/mol. The van der Waals surface area contributed by atoms with Crippen molar-refractivity contribution in [2.24, 2.45) is 0 Å². The van der Waals surface area contributed by atoms with E-state index >= 15 is 0 Å². The second-order valence-corrected chi connectivity index (χ2v) is 6.58. The lowest BCUT2D eigenvalue weighted by Crippen LogP contribution is -2.19. The summed E-state index contributed by atoms with van der Waals surface area (Å²) >= 11 is 1.77. The van der Waals surface area contributed by atoms with Gasteiger partial charge in [-0.3, -0.25) is 4.90 Å². The zero-order valence-electron chi connectivity index (χ0n) is 13.2. The van der Waals surface area contributed by atoms with Crippen molar-refractivity contribution in [2.45, 2.75) is 32.9 Å². The Kier molecular flexibility index (Phi) is 4.95. The van der Waals surface area contributed by atoms with Crippen molar-refractivity contribution in [3.8, 4) is 11.5 Å². The molecule has 0 atom stereocenters. The fourth-order valence-corrected chi connectivity index (χ4v) is 3.47. The molecule has 1 aromatic carbocycles. The number of aromatic nitrogens is 1. The van der Waals surface area contributed by atoms with E-state index in [1.165, 1.54) is 10.6 Å². The summed E-state index contributed by atoms with van der Waals surface area (Å²) in [7, 11) is 2.12. The summed E-state index contributed by atoms with van der Waals surface area (Å²) in [6.45, 7) is 5.20. The van der Waals surface area contributed by atoms with E-state index in [4.69, 9.17) is 9.47 Å². The first-order chi connectivity index (χ1) is 10.7. The Balaban J connectivity index is 1.60. The molecule has 0 amide bonds. The van der Waals surface area contributed by atoms with E-state index in [2.05, 4.69) is 41.4 Å². The largest absolute Gasteiger partial charge is 0.486 e. The summed E-state index contributed by atoms with van der Waals surface area (Å²) in [6.07, 6.45) is 2.23. The van der Waals surface area contributed by atoms with Crippen LogP contribution in [0.3, 0.4) is 0 Å². The Morgan fingerprint density at radius 2 is 2.00 bits per heavy atom. The number of nitrogens with zero attached hydrogens (tertiary/aromatic N) is 2. The molecule has 1 aliphatic rings. The van der Waals surface area contributed by atoms with Crippen LogP contribution in [0.25, 0.3) is 0 Å². The number of ether oxygens (including phenoxy) is 2. The summed E-state index contributed by atoms with van der Waals surface area (Å²) in [6, 6.07) is 6.18. The van der Waals surface area contributed by atoms with Crippen molar-refractivity contribution < 1.29 is 9.47 Å². The zero-order valence-corrected chi connectivity index (χ0v) is 14.0. The van der Waals surface area contributed by atoms with Crippen LogP contribution in [-0.4, -0.2) is 30.1 Å². The summed E-state index contributed by atoms with van der Waals surface area (Å²) < 4.78 is 11.2. The van der Waals surface area contributed by atoms with E-state index in [-0.39, 0.29) is 0 Å². The number of hydrogen-bond donors (Lipinski definition) is 0. The van der Waals surface area contributed by atoms with Crippen LogP contribution in [0.4, 0.5) is 0 Å². The van der Waals surface area contributed by atoms with Gasteiger partial charge in [0.15, 0.2) is 11.5 Å². The molecular formula is C17H22N2O2S. The van der Waals surface area contributed by atoms with Gasteiger partial charge in [-0.05, 0) is 37.6 Å². The molecular weight excluding hydrogens is 296 g/mol. The highest BCUT2D eigenvalue weighted by Crippen LogP contribution is 2.31. The lowest BCUT2D eigenvalue weighted by molar-refractivity contribution is 0.171. The third-order valence-corrected chi connectivity index (χ3v) is 4.51. The number of fused-ring (bicyclic) bond motifs is 1. The number of aryl methyl sites for hydroxylation is 1. The van der Waals surface area contributed by atoms with Gasteiger partial charge in [-0.15, -0.1) is 11.3 Å². The highest BCUT2D eigenvalue weighted by molar-refractivity contribution is 7.09. The lowest BCUT2D eigenvalue weighted by atomic mass is 10.2. The Labute approximate surface area is 135 Å². The first kappa shape index (κ1) is 15.3. The van der Waals surface area contributed by atoms with Crippen LogP contribution >= 0.6 is 11.3 Å². The van der Waals surface area contributed by atoms with E-state index in [0.29, 0.717) is 13.2 Å². The minimum Gasteiger partial charge on any atom is -0.486 e. The molecule has 22 heavy (non-hydrogen) atoms. The minimum atomic E-state index is 0.630. The van der Waals surface area contributed by atoms with Gasteiger partial charge < -0.3 is 9.47 Å². The van der Waals surface area contributed by atoms with Gasteiger partial charge in [0.05, 0.1) is 10.7 Å². The van der Waals surface area contributed by atoms with Crippen LogP contribution in [0, 0.1) is 0 Å². The number of thiazole rings is 1. The van der Waals surface area contributed by atoms with E-state index in [9.17, 15) is 0 Å². The van der Waals surface area contributed by atoms with Crippen molar-refractivity contribution in [1.82, 2.24) is 9.88 Å². The molecule has 0 saturated heterocycles. The maximum atomic E-state index is 5.64. The fraction of sp³-hybridized carbons (Fsp3) is 0.471. The number of rotatable bonds is 6. The minimum absolute atomic E-state index is 0.630. The van der Waals surface area contributed by atoms with Crippen LogP contribution in [-0.2, 0) is 19.5 Å². The number of hydrogen-bond acceptors (Lipinski definition) is 5. The molecule has 0 N–H and O–H groups in total.